The minimum atomic E-state index is -0.441. The van der Waals surface area contributed by atoms with Crippen molar-refractivity contribution < 1.29 is 14.6 Å². The van der Waals surface area contributed by atoms with Gasteiger partial charge in [0.15, 0.2) is 0 Å². The van der Waals surface area contributed by atoms with E-state index in [9.17, 15) is 9.90 Å². The number of hydrogen-bond acceptors (Lipinski definition) is 3. The molecule has 160 valence electrons. The molecule has 1 aliphatic heterocycles. The second-order valence-electron chi connectivity index (χ2n) is 8.10. The fourth-order valence-electron chi connectivity index (χ4n) is 3.84. The molecule has 0 aliphatic carbocycles. The molecule has 0 aromatic heterocycles. The number of carbonyl (C=O) groups excluding carboxylic acids is 1. The number of allylic oxidation sites excluding steroid dienone is 3. The van der Waals surface area contributed by atoms with Crippen molar-refractivity contribution in [1.29, 1.82) is 0 Å². The predicted octanol–water partition coefficient (Wildman–Crippen LogP) is 7.29. The largest absolute Gasteiger partial charge is 0.507 e. The molecule has 1 aliphatic rings. The maximum atomic E-state index is 12.0. The van der Waals surface area contributed by atoms with Crippen LogP contribution in [0.1, 0.15) is 99.9 Å². The molecule has 1 heterocycles. The number of phenolic OH excluding ortho intramolecular Hbond substituents is 1. The van der Waals surface area contributed by atoms with E-state index < -0.39 is 5.97 Å². The molecule has 0 radical (unpaired) electrons. The van der Waals surface area contributed by atoms with Crippen LogP contribution in [0.2, 0.25) is 0 Å². The summed E-state index contributed by atoms with van der Waals surface area (Å²) in [6.45, 7) is 2.27. The van der Waals surface area contributed by atoms with Crippen molar-refractivity contribution >= 4 is 5.97 Å². The van der Waals surface area contributed by atoms with Crippen LogP contribution in [0.5, 0.6) is 5.75 Å². The zero-order valence-corrected chi connectivity index (χ0v) is 18.1. The molecule has 1 aromatic rings. The van der Waals surface area contributed by atoms with Gasteiger partial charge in [0.1, 0.15) is 17.4 Å². The lowest BCUT2D eigenvalue weighted by atomic mass is 9.97. The van der Waals surface area contributed by atoms with Crippen LogP contribution in [-0.4, -0.2) is 17.2 Å². The summed E-state index contributed by atoms with van der Waals surface area (Å²) in [6.07, 6.45) is 24.6. The van der Waals surface area contributed by atoms with Gasteiger partial charge in [-0.25, -0.2) is 4.79 Å². The van der Waals surface area contributed by atoms with E-state index in [2.05, 4.69) is 13.0 Å². The molecule has 1 aromatic carbocycles. The van der Waals surface area contributed by atoms with Crippen molar-refractivity contribution in [1.82, 2.24) is 0 Å². The molecule has 0 bridgehead atoms. The first-order valence-corrected chi connectivity index (χ1v) is 11.6. The van der Waals surface area contributed by atoms with E-state index in [1.165, 1.54) is 76.7 Å². The van der Waals surface area contributed by atoms with Gasteiger partial charge >= 0.3 is 5.97 Å². The molecule has 29 heavy (non-hydrogen) atoms. The summed E-state index contributed by atoms with van der Waals surface area (Å²) in [4.78, 5) is 12.0. The molecule has 1 N–H and O–H groups in total. The molecule has 2 rings (SSSR count). The Kier molecular flexibility index (Phi) is 11.3. The quantitative estimate of drug-likeness (QED) is 0.203. The number of phenols is 1. The second-order valence-corrected chi connectivity index (χ2v) is 8.10. The van der Waals surface area contributed by atoms with Gasteiger partial charge < -0.3 is 9.84 Å². The van der Waals surface area contributed by atoms with Crippen LogP contribution < -0.4 is 0 Å². The summed E-state index contributed by atoms with van der Waals surface area (Å²) >= 11 is 0. The zero-order chi connectivity index (χ0) is 20.7. The van der Waals surface area contributed by atoms with Crippen molar-refractivity contribution in [3.05, 3.63) is 53.6 Å². The summed E-state index contributed by atoms with van der Waals surface area (Å²) in [5.41, 5.74) is 1.16. The third-order valence-corrected chi connectivity index (χ3v) is 5.56. The van der Waals surface area contributed by atoms with E-state index in [1.54, 1.807) is 6.07 Å². The average Bonchev–Trinajstić information content (AvgIpc) is 2.70. The van der Waals surface area contributed by atoms with Crippen molar-refractivity contribution in [3.8, 4) is 5.75 Å². The Morgan fingerprint density at radius 3 is 2.31 bits per heavy atom. The van der Waals surface area contributed by atoms with Gasteiger partial charge in [-0.2, -0.15) is 0 Å². The normalized spacial score (nSPS) is 16.4. The third kappa shape index (κ3) is 8.89. The van der Waals surface area contributed by atoms with Crippen LogP contribution in [-0.2, 0) is 11.2 Å². The molecule has 1 unspecified atom stereocenters. The molecule has 1 atom stereocenters. The minimum absolute atomic E-state index is 0.00167. The summed E-state index contributed by atoms with van der Waals surface area (Å²) in [6, 6.07) is 5.16. The second kappa shape index (κ2) is 14.0. The Labute approximate surface area is 176 Å². The summed E-state index contributed by atoms with van der Waals surface area (Å²) in [7, 11) is 0. The predicted molar refractivity (Wildman–Crippen MR) is 120 cm³/mol. The number of cyclic esters (lactones) is 1. The fraction of sp³-hybridized carbons (Fsp3) is 0.577. The van der Waals surface area contributed by atoms with Crippen LogP contribution in [0.15, 0.2) is 42.5 Å². The SMILES string of the molecule is CCCCCCCCCCCCCC=CC=CC1Cc2cccc(O)c2C(=O)O1. The molecular weight excluding hydrogens is 360 g/mol. The van der Waals surface area contributed by atoms with Crippen LogP contribution in [0.25, 0.3) is 0 Å². The number of carbonyl (C=O) groups is 1. The number of fused-ring (bicyclic) bond motifs is 1. The Hall–Kier alpha value is -2.03. The average molecular weight is 399 g/mol. The van der Waals surface area contributed by atoms with Gasteiger partial charge in [-0.15, -0.1) is 0 Å². The first-order valence-electron chi connectivity index (χ1n) is 11.6. The van der Waals surface area contributed by atoms with Crippen LogP contribution >= 0.6 is 0 Å². The van der Waals surface area contributed by atoms with E-state index in [4.69, 9.17) is 4.74 Å². The number of unbranched alkanes of at least 4 members (excludes halogenated alkanes) is 11. The van der Waals surface area contributed by atoms with Crippen molar-refractivity contribution in [3.63, 3.8) is 0 Å². The van der Waals surface area contributed by atoms with Gasteiger partial charge in [-0.3, -0.25) is 0 Å². The van der Waals surface area contributed by atoms with E-state index in [0.29, 0.717) is 12.0 Å². The molecule has 0 spiro atoms. The smallest absolute Gasteiger partial charge is 0.342 e. The highest BCUT2D eigenvalue weighted by molar-refractivity contribution is 5.95. The van der Waals surface area contributed by atoms with E-state index in [1.807, 2.05) is 24.3 Å². The summed E-state index contributed by atoms with van der Waals surface area (Å²) in [5, 5.41) is 9.80. The number of hydrogen-bond donors (Lipinski definition) is 1. The third-order valence-electron chi connectivity index (χ3n) is 5.56. The number of ether oxygens (including phenoxy) is 1. The highest BCUT2D eigenvalue weighted by atomic mass is 16.5. The maximum Gasteiger partial charge on any atom is 0.342 e. The Balaban J connectivity index is 1.51. The van der Waals surface area contributed by atoms with E-state index in [-0.39, 0.29) is 11.9 Å². The summed E-state index contributed by atoms with van der Waals surface area (Å²) in [5.74, 6) is -0.439. The number of esters is 1. The van der Waals surface area contributed by atoms with Gasteiger partial charge in [-0.1, -0.05) is 101 Å². The topological polar surface area (TPSA) is 46.5 Å². The van der Waals surface area contributed by atoms with Crippen molar-refractivity contribution in [2.75, 3.05) is 0 Å². The van der Waals surface area contributed by atoms with Gasteiger partial charge in [0.25, 0.3) is 0 Å². The minimum Gasteiger partial charge on any atom is -0.507 e. The Morgan fingerprint density at radius 2 is 1.62 bits per heavy atom. The van der Waals surface area contributed by atoms with Gasteiger partial charge in [0.05, 0.1) is 0 Å². The Morgan fingerprint density at radius 1 is 0.966 bits per heavy atom. The number of benzene rings is 1. The van der Waals surface area contributed by atoms with Gasteiger partial charge in [-0.05, 0) is 30.5 Å². The number of aromatic hydroxyl groups is 1. The molecule has 0 amide bonds. The standard InChI is InChI=1S/C26H38O3/c1-2-3-4-5-6-7-8-9-10-11-12-13-14-15-16-19-23-21-22-18-17-20-24(27)25(22)26(28)29-23/h14-20,23,27H,2-13,21H2,1H3. The van der Waals surface area contributed by atoms with Crippen LogP contribution in [0, 0.1) is 0 Å². The van der Waals surface area contributed by atoms with Gasteiger partial charge in [0, 0.05) is 6.42 Å². The van der Waals surface area contributed by atoms with Crippen LogP contribution in [0.3, 0.4) is 0 Å². The first kappa shape index (κ1) is 23.3. The molecule has 0 fully saturated rings. The fourth-order valence-corrected chi connectivity index (χ4v) is 3.84. The lowest BCUT2D eigenvalue weighted by molar-refractivity contribution is 0.0353. The molecule has 3 heteroatoms. The van der Waals surface area contributed by atoms with E-state index >= 15 is 0 Å². The monoisotopic (exact) mass is 398 g/mol. The lowest BCUT2D eigenvalue weighted by Crippen LogP contribution is -2.26. The molecule has 3 nitrogen and oxygen atoms in total. The molecule has 0 saturated heterocycles. The zero-order valence-electron chi connectivity index (χ0n) is 18.1. The van der Waals surface area contributed by atoms with Gasteiger partial charge in [0.2, 0.25) is 0 Å². The van der Waals surface area contributed by atoms with Crippen molar-refractivity contribution in [2.24, 2.45) is 0 Å². The van der Waals surface area contributed by atoms with Crippen LogP contribution in [0.4, 0.5) is 0 Å². The summed E-state index contributed by atoms with van der Waals surface area (Å²) < 4.78 is 5.39. The molecule has 0 saturated carbocycles. The highest BCUT2D eigenvalue weighted by Crippen LogP contribution is 2.28. The lowest BCUT2D eigenvalue weighted by Gasteiger charge is -2.22. The first-order chi connectivity index (χ1) is 14.2. The highest BCUT2D eigenvalue weighted by Gasteiger charge is 2.27. The maximum absolute atomic E-state index is 12.0. The van der Waals surface area contributed by atoms with E-state index in [0.717, 1.165) is 12.0 Å². The molecular formula is C26H38O3. The number of rotatable bonds is 14. The van der Waals surface area contributed by atoms with Crippen molar-refractivity contribution in [2.45, 2.75) is 96.5 Å². The Bertz CT molecular complexity index is 660.